The van der Waals surface area contributed by atoms with Gasteiger partial charge in [-0.05, 0) is 37.1 Å². The molecule has 0 saturated carbocycles. The first-order chi connectivity index (χ1) is 11.7. The molecule has 24 heavy (non-hydrogen) atoms. The molecule has 126 valence electrons. The third-order valence-corrected chi connectivity index (χ3v) is 4.41. The lowest BCUT2D eigenvalue weighted by Gasteiger charge is -2.23. The highest BCUT2D eigenvalue weighted by atomic mass is 16.5. The van der Waals surface area contributed by atoms with Gasteiger partial charge in [-0.25, -0.2) is 0 Å². The second-order valence-corrected chi connectivity index (χ2v) is 6.11. The number of anilines is 1. The highest BCUT2D eigenvalue weighted by molar-refractivity contribution is 6.01. The summed E-state index contributed by atoms with van der Waals surface area (Å²) < 4.78 is 5.58. The van der Waals surface area contributed by atoms with Crippen molar-refractivity contribution in [2.24, 2.45) is 0 Å². The summed E-state index contributed by atoms with van der Waals surface area (Å²) in [6.45, 7) is 5.56. The molecule has 4 heteroatoms. The summed E-state index contributed by atoms with van der Waals surface area (Å²) in [6, 6.07) is 15.7. The topological polar surface area (TPSA) is 50.4 Å². The maximum Gasteiger partial charge on any atom is 0.179 e. The normalized spacial score (nSPS) is 15.6. The molecule has 1 aliphatic rings. The van der Waals surface area contributed by atoms with Crippen LogP contribution in [0, 0.1) is 0 Å². The number of benzene rings is 2. The molecule has 0 radical (unpaired) electrons. The molecule has 0 spiro atoms. The van der Waals surface area contributed by atoms with Crippen LogP contribution in [0.4, 0.5) is 5.69 Å². The molecule has 0 fully saturated rings. The molecule has 0 bridgehead atoms. The number of hydrogen-bond acceptors (Lipinski definition) is 4. The molecule has 1 aliphatic heterocycles. The van der Waals surface area contributed by atoms with Crippen LogP contribution < -0.4 is 15.4 Å². The standard InChI is InChI=1S/C20H24N2O2/c1-3-17(22-14(2)15-7-5-4-6-8-15)20(23)16-9-10-19-18(13-16)21-11-12-24-19/h4-10,13-14,17,21-22H,3,11-12H2,1-2H3. The number of Topliss-reactive ketones (excluding diaryl/α,β-unsaturated/α-hetero) is 1. The zero-order valence-corrected chi connectivity index (χ0v) is 14.2. The minimum Gasteiger partial charge on any atom is -0.490 e. The van der Waals surface area contributed by atoms with Gasteiger partial charge < -0.3 is 15.4 Å². The van der Waals surface area contributed by atoms with Gasteiger partial charge >= 0.3 is 0 Å². The van der Waals surface area contributed by atoms with E-state index in [1.54, 1.807) is 0 Å². The highest BCUT2D eigenvalue weighted by Gasteiger charge is 2.22. The number of fused-ring (bicyclic) bond motifs is 1. The van der Waals surface area contributed by atoms with Crippen LogP contribution in [0.1, 0.15) is 42.2 Å². The summed E-state index contributed by atoms with van der Waals surface area (Å²) in [4.78, 5) is 12.9. The monoisotopic (exact) mass is 324 g/mol. The van der Waals surface area contributed by atoms with Gasteiger partial charge in [-0.3, -0.25) is 4.79 Å². The van der Waals surface area contributed by atoms with Gasteiger partial charge in [0.25, 0.3) is 0 Å². The smallest absolute Gasteiger partial charge is 0.179 e. The molecule has 2 N–H and O–H groups in total. The van der Waals surface area contributed by atoms with E-state index >= 15 is 0 Å². The maximum atomic E-state index is 12.9. The third-order valence-electron chi connectivity index (χ3n) is 4.41. The molecule has 2 aromatic rings. The van der Waals surface area contributed by atoms with E-state index in [0.717, 1.165) is 24.4 Å². The molecule has 0 saturated heterocycles. The third kappa shape index (κ3) is 3.60. The van der Waals surface area contributed by atoms with E-state index in [2.05, 4.69) is 29.7 Å². The predicted octanol–water partition coefficient (Wildman–Crippen LogP) is 3.80. The van der Waals surface area contributed by atoms with Crippen LogP contribution in [0.3, 0.4) is 0 Å². The fraction of sp³-hybridized carbons (Fsp3) is 0.350. The van der Waals surface area contributed by atoms with Gasteiger partial charge in [-0.15, -0.1) is 0 Å². The van der Waals surface area contributed by atoms with E-state index < -0.39 is 0 Å². The fourth-order valence-electron chi connectivity index (χ4n) is 3.01. The number of carbonyl (C=O) groups excluding carboxylic acids is 1. The van der Waals surface area contributed by atoms with Crippen molar-refractivity contribution in [1.29, 1.82) is 0 Å². The molecule has 2 atom stereocenters. The lowest BCUT2D eigenvalue weighted by atomic mass is 9.99. The van der Waals surface area contributed by atoms with E-state index in [9.17, 15) is 4.79 Å². The van der Waals surface area contributed by atoms with Crippen molar-refractivity contribution in [2.75, 3.05) is 18.5 Å². The second-order valence-electron chi connectivity index (χ2n) is 6.11. The van der Waals surface area contributed by atoms with Crippen molar-refractivity contribution in [2.45, 2.75) is 32.4 Å². The highest BCUT2D eigenvalue weighted by Crippen LogP contribution is 2.28. The lowest BCUT2D eigenvalue weighted by molar-refractivity contribution is 0.0934. The van der Waals surface area contributed by atoms with Crippen LogP contribution in [-0.2, 0) is 0 Å². The van der Waals surface area contributed by atoms with E-state index in [1.807, 2.05) is 43.3 Å². The van der Waals surface area contributed by atoms with Gasteiger partial charge in [0.05, 0.1) is 11.7 Å². The molecule has 1 heterocycles. The van der Waals surface area contributed by atoms with Gasteiger partial charge in [0.1, 0.15) is 12.4 Å². The fourth-order valence-corrected chi connectivity index (χ4v) is 3.01. The molecular formula is C20H24N2O2. The zero-order valence-electron chi connectivity index (χ0n) is 14.2. The predicted molar refractivity (Wildman–Crippen MR) is 96.8 cm³/mol. The molecule has 0 amide bonds. The van der Waals surface area contributed by atoms with Crippen LogP contribution in [0.2, 0.25) is 0 Å². The number of nitrogens with one attached hydrogen (secondary N) is 2. The minimum atomic E-state index is -0.206. The Labute approximate surface area is 143 Å². The maximum absolute atomic E-state index is 12.9. The Morgan fingerprint density at radius 3 is 2.79 bits per heavy atom. The van der Waals surface area contributed by atoms with Crippen molar-refractivity contribution >= 4 is 11.5 Å². The van der Waals surface area contributed by atoms with Crippen LogP contribution in [0.25, 0.3) is 0 Å². The number of ether oxygens (including phenoxy) is 1. The van der Waals surface area contributed by atoms with E-state index in [4.69, 9.17) is 4.74 Å². The lowest BCUT2D eigenvalue weighted by Crippen LogP contribution is -2.38. The number of carbonyl (C=O) groups is 1. The summed E-state index contributed by atoms with van der Waals surface area (Å²) in [5.41, 5.74) is 2.80. The first kappa shape index (κ1) is 16.5. The Bertz CT molecular complexity index is 700. The second kappa shape index (κ2) is 7.49. The van der Waals surface area contributed by atoms with Crippen LogP contribution in [-0.4, -0.2) is 25.0 Å². The molecule has 2 unspecified atom stereocenters. The van der Waals surface area contributed by atoms with E-state index in [0.29, 0.717) is 12.2 Å². The zero-order chi connectivity index (χ0) is 16.9. The van der Waals surface area contributed by atoms with Crippen LogP contribution >= 0.6 is 0 Å². The van der Waals surface area contributed by atoms with Crippen molar-refractivity contribution in [3.8, 4) is 5.75 Å². The first-order valence-corrected chi connectivity index (χ1v) is 8.55. The van der Waals surface area contributed by atoms with Gasteiger partial charge in [-0.1, -0.05) is 37.3 Å². The Kier molecular flexibility index (Phi) is 5.16. The minimum absolute atomic E-state index is 0.121. The average Bonchev–Trinajstić information content (AvgIpc) is 2.65. The molecule has 0 aromatic heterocycles. The van der Waals surface area contributed by atoms with Gasteiger partial charge in [0.15, 0.2) is 5.78 Å². The number of rotatable bonds is 6. The van der Waals surface area contributed by atoms with Gasteiger partial charge in [0.2, 0.25) is 0 Å². The molecule has 2 aromatic carbocycles. The SMILES string of the molecule is CCC(NC(C)c1ccccc1)C(=O)c1ccc2c(c1)NCCO2. The van der Waals surface area contributed by atoms with E-state index in [1.165, 1.54) is 5.56 Å². The molecule has 3 rings (SSSR count). The summed E-state index contributed by atoms with van der Waals surface area (Å²) in [6.07, 6.45) is 0.747. The van der Waals surface area contributed by atoms with Crippen molar-refractivity contribution in [1.82, 2.24) is 5.32 Å². The molecular weight excluding hydrogens is 300 g/mol. The quantitative estimate of drug-likeness (QED) is 0.794. The number of hydrogen-bond donors (Lipinski definition) is 2. The molecule has 4 nitrogen and oxygen atoms in total. The molecule has 0 aliphatic carbocycles. The van der Waals surface area contributed by atoms with Crippen LogP contribution in [0.5, 0.6) is 5.75 Å². The average molecular weight is 324 g/mol. The largest absolute Gasteiger partial charge is 0.490 e. The Morgan fingerprint density at radius 2 is 2.04 bits per heavy atom. The van der Waals surface area contributed by atoms with Crippen molar-refractivity contribution in [3.05, 3.63) is 59.7 Å². The summed E-state index contributed by atoms with van der Waals surface area (Å²) in [7, 11) is 0. The summed E-state index contributed by atoms with van der Waals surface area (Å²) >= 11 is 0. The Balaban J connectivity index is 1.74. The summed E-state index contributed by atoms with van der Waals surface area (Å²) in [5.74, 6) is 0.937. The Hall–Kier alpha value is -2.33. The van der Waals surface area contributed by atoms with Crippen molar-refractivity contribution < 1.29 is 9.53 Å². The van der Waals surface area contributed by atoms with Crippen molar-refractivity contribution in [3.63, 3.8) is 0 Å². The van der Waals surface area contributed by atoms with E-state index in [-0.39, 0.29) is 17.9 Å². The summed E-state index contributed by atoms with van der Waals surface area (Å²) in [5, 5.41) is 6.74. The number of ketones is 1. The Morgan fingerprint density at radius 1 is 1.25 bits per heavy atom. The first-order valence-electron chi connectivity index (χ1n) is 8.55. The van der Waals surface area contributed by atoms with Gasteiger partial charge in [0, 0.05) is 18.2 Å². The van der Waals surface area contributed by atoms with Gasteiger partial charge in [-0.2, -0.15) is 0 Å². The van der Waals surface area contributed by atoms with Crippen LogP contribution in [0.15, 0.2) is 48.5 Å².